The normalized spacial score (nSPS) is 19.3. The lowest BCUT2D eigenvalue weighted by Gasteiger charge is -2.41. The predicted molar refractivity (Wildman–Crippen MR) is 117 cm³/mol. The largest absolute Gasteiger partial charge is 0.379 e. The lowest BCUT2D eigenvalue weighted by Crippen LogP contribution is -2.56. The Kier molecular flexibility index (Phi) is 8.09. The number of anilines is 1. The van der Waals surface area contributed by atoms with E-state index in [1.165, 1.54) is 0 Å². The summed E-state index contributed by atoms with van der Waals surface area (Å²) in [5.74, 6) is 1.86. The van der Waals surface area contributed by atoms with Crippen LogP contribution in [-0.2, 0) is 16.0 Å². The van der Waals surface area contributed by atoms with E-state index in [0.717, 1.165) is 83.0 Å². The summed E-state index contributed by atoms with van der Waals surface area (Å²) in [4.78, 5) is 14.2. The minimum atomic E-state index is 0.0350. The van der Waals surface area contributed by atoms with Crippen LogP contribution in [0.1, 0.15) is 26.3 Å². The van der Waals surface area contributed by atoms with Gasteiger partial charge in [0.1, 0.15) is 5.82 Å². The first-order valence-corrected chi connectivity index (χ1v) is 10.7. The van der Waals surface area contributed by atoms with Gasteiger partial charge in [-0.2, -0.15) is 0 Å². The number of hydrogen-bond donors (Lipinski definition) is 2. The van der Waals surface area contributed by atoms with E-state index in [2.05, 4.69) is 52.3 Å². The second kappa shape index (κ2) is 10.8. The van der Waals surface area contributed by atoms with E-state index < -0.39 is 0 Å². The molecule has 0 radical (unpaired) electrons. The average molecular weight is 405 g/mol. The Balaban J connectivity index is 1.63. The molecule has 0 atom stereocenters. The smallest absolute Gasteiger partial charge is 0.191 e. The fourth-order valence-electron chi connectivity index (χ4n) is 3.70. The summed E-state index contributed by atoms with van der Waals surface area (Å²) in [6.45, 7) is 15.7. The van der Waals surface area contributed by atoms with Crippen molar-refractivity contribution in [2.45, 2.75) is 32.9 Å². The van der Waals surface area contributed by atoms with Crippen molar-refractivity contribution < 1.29 is 9.47 Å². The van der Waals surface area contributed by atoms with Crippen molar-refractivity contribution in [2.75, 3.05) is 70.6 Å². The zero-order valence-electron chi connectivity index (χ0n) is 18.1. The minimum Gasteiger partial charge on any atom is -0.379 e. The molecule has 0 amide bonds. The number of aliphatic imine (C=N–C) groups is 1. The zero-order chi connectivity index (χ0) is 20.5. The van der Waals surface area contributed by atoms with Gasteiger partial charge in [0.15, 0.2) is 5.96 Å². The molecule has 0 bridgehead atoms. The molecule has 29 heavy (non-hydrogen) atoms. The molecule has 0 aliphatic carbocycles. The van der Waals surface area contributed by atoms with E-state index in [1.54, 1.807) is 0 Å². The van der Waals surface area contributed by atoms with Crippen molar-refractivity contribution in [3.05, 3.63) is 23.9 Å². The van der Waals surface area contributed by atoms with Crippen molar-refractivity contribution in [1.82, 2.24) is 20.5 Å². The Morgan fingerprint density at radius 2 is 1.79 bits per heavy atom. The molecule has 2 N–H and O–H groups in total. The van der Waals surface area contributed by atoms with Crippen LogP contribution in [0, 0.1) is 0 Å². The van der Waals surface area contributed by atoms with E-state index in [9.17, 15) is 0 Å². The molecule has 2 saturated heterocycles. The van der Waals surface area contributed by atoms with Crippen molar-refractivity contribution >= 4 is 11.8 Å². The maximum absolute atomic E-state index is 5.49. The molecule has 0 spiro atoms. The van der Waals surface area contributed by atoms with Gasteiger partial charge in [-0.3, -0.25) is 4.90 Å². The van der Waals surface area contributed by atoms with Crippen molar-refractivity contribution in [1.29, 1.82) is 0 Å². The molecule has 8 nitrogen and oxygen atoms in total. The number of rotatable bonds is 7. The minimum absolute atomic E-state index is 0.0350. The third-order valence-electron chi connectivity index (χ3n) is 5.49. The molecule has 8 heteroatoms. The highest BCUT2D eigenvalue weighted by Crippen LogP contribution is 2.19. The Hall–Kier alpha value is -1.90. The lowest BCUT2D eigenvalue weighted by molar-refractivity contribution is -0.00834. The van der Waals surface area contributed by atoms with E-state index in [4.69, 9.17) is 14.5 Å². The number of nitrogens with one attached hydrogen (secondary N) is 2. The van der Waals surface area contributed by atoms with Crippen LogP contribution in [0.25, 0.3) is 0 Å². The molecule has 2 aliphatic heterocycles. The summed E-state index contributed by atoms with van der Waals surface area (Å²) in [5, 5.41) is 6.90. The third-order valence-corrected chi connectivity index (χ3v) is 5.49. The second-order valence-electron chi connectivity index (χ2n) is 8.05. The molecule has 2 fully saturated rings. The fraction of sp³-hybridized carbons (Fsp3) is 0.714. The summed E-state index contributed by atoms with van der Waals surface area (Å²) in [5.41, 5.74) is 1.17. The van der Waals surface area contributed by atoms with Crippen LogP contribution in [0.4, 0.5) is 5.82 Å². The van der Waals surface area contributed by atoms with Crippen molar-refractivity contribution in [3.63, 3.8) is 0 Å². The van der Waals surface area contributed by atoms with E-state index >= 15 is 0 Å². The third kappa shape index (κ3) is 6.29. The lowest BCUT2D eigenvalue weighted by atomic mass is 10.0. The topological polar surface area (TPSA) is 74.2 Å². The van der Waals surface area contributed by atoms with Crippen molar-refractivity contribution in [2.24, 2.45) is 4.99 Å². The van der Waals surface area contributed by atoms with E-state index in [-0.39, 0.29) is 5.54 Å². The molecule has 162 valence electrons. The Bertz CT molecular complexity index is 654. The Morgan fingerprint density at radius 1 is 1.10 bits per heavy atom. The summed E-state index contributed by atoms with van der Waals surface area (Å²) in [6.07, 6.45) is 1.85. The SMILES string of the molecule is CCNC(=NCc1cccnc1N1CCOCC1)NCC(C)(C)N1CCOCC1. The van der Waals surface area contributed by atoms with E-state index in [0.29, 0.717) is 6.54 Å². The second-order valence-corrected chi connectivity index (χ2v) is 8.05. The highest BCUT2D eigenvalue weighted by atomic mass is 16.5. The zero-order valence-corrected chi connectivity index (χ0v) is 18.1. The Labute approximate surface area is 174 Å². The summed E-state index contributed by atoms with van der Waals surface area (Å²) in [7, 11) is 0. The highest BCUT2D eigenvalue weighted by Gasteiger charge is 2.28. The van der Waals surface area contributed by atoms with Crippen LogP contribution in [0.15, 0.2) is 23.3 Å². The molecule has 3 rings (SSSR count). The van der Waals surface area contributed by atoms with E-state index in [1.807, 2.05) is 12.3 Å². The van der Waals surface area contributed by atoms with Gasteiger partial charge in [-0.1, -0.05) is 6.07 Å². The summed E-state index contributed by atoms with van der Waals surface area (Å²) in [6, 6.07) is 4.10. The number of ether oxygens (including phenoxy) is 2. The maximum atomic E-state index is 5.49. The molecular weight excluding hydrogens is 368 g/mol. The fourth-order valence-corrected chi connectivity index (χ4v) is 3.70. The summed E-state index contributed by atoms with van der Waals surface area (Å²) >= 11 is 0. The number of hydrogen-bond acceptors (Lipinski definition) is 6. The number of pyridine rings is 1. The highest BCUT2D eigenvalue weighted by molar-refractivity contribution is 5.79. The van der Waals surface area contributed by atoms with Gasteiger partial charge in [-0.05, 0) is 26.8 Å². The number of aromatic nitrogens is 1. The molecular formula is C21H36N6O2. The number of morpholine rings is 2. The van der Waals surface area contributed by atoms with Gasteiger partial charge in [0, 0.05) is 56.6 Å². The van der Waals surface area contributed by atoms with Gasteiger partial charge in [-0.25, -0.2) is 9.98 Å². The van der Waals surface area contributed by atoms with Crippen LogP contribution in [-0.4, -0.2) is 87.1 Å². The predicted octanol–water partition coefficient (Wildman–Crippen LogP) is 1.08. The first kappa shape index (κ1) is 21.8. The van der Waals surface area contributed by atoms with Gasteiger partial charge >= 0.3 is 0 Å². The molecule has 1 aromatic heterocycles. The van der Waals surface area contributed by atoms with Crippen LogP contribution < -0.4 is 15.5 Å². The molecule has 0 saturated carbocycles. The molecule has 0 aromatic carbocycles. The van der Waals surface area contributed by atoms with Crippen LogP contribution in [0.2, 0.25) is 0 Å². The number of nitrogens with zero attached hydrogens (tertiary/aromatic N) is 4. The Morgan fingerprint density at radius 3 is 2.48 bits per heavy atom. The van der Waals surface area contributed by atoms with Crippen molar-refractivity contribution in [3.8, 4) is 0 Å². The van der Waals surface area contributed by atoms with Gasteiger partial charge in [0.2, 0.25) is 0 Å². The van der Waals surface area contributed by atoms with Gasteiger partial charge < -0.3 is 25.0 Å². The first-order chi connectivity index (χ1) is 14.1. The maximum Gasteiger partial charge on any atom is 0.191 e. The monoisotopic (exact) mass is 404 g/mol. The van der Waals surface area contributed by atoms with Crippen LogP contribution >= 0.6 is 0 Å². The standard InChI is InChI=1S/C21H36N6O2/c1-4-22-20(25-17-21(2,3)27-10-14-29-15-11-27)24-16-18-6-5-7-23-19(18)26-8-12-28-13-9-26/h5-7H,4,8-17H2,1-3H3,(H2,22,24,25). The molecule has 0 unspecified atom stereocenters. The van der Waals surface area contributed by atoms with Crippen LogP contribution in [0.5, 0.6) is 0 Å². The summed E-state index contributed by atoms with van der Waals surface area (Å²) < 4.78 is 11.0. The molecule has 1 aromatic rings. The molecule has 3 heterocycles. The quantitative estimate of drug-likeness (QED) is 0.520. The van der Waals surface area contributed by atoms with Gasteiger partial charge in [0.25, 0.3) is 0 Å². The average Bonchev–Trinajstić information content (AvgIpc) is 2.77. The first-order valence-electron chi connectivity index (χ1n) is 10.7. The molecule has 2 aliphatic rings. The van der Waals surface area contributed by atoms with Gasteiger partial charge in [-0.15, -0.1) is 0 Å². The number of guanidine groups is 1. The van der Waals surface area contributed by atoms with Gasteiger partial charge in [0.05, 0.1) is 33.0 Å². The van der Waals surface area contributed by atoms with Crippen LogP contribution in [0.3, 0.4) is 0 Å².